The van der Waals surface area contributed by atoms with Gasteiger partial charge in [-0.25, -0.2) is 0 Å². The second kappa shape index (κ2) is 12.0. The van der Waals surface area contributed by atoms with E-state index in [0.29, 0.717) is 10.1 Å². The van der Waals surface area contributed by atoms with Crippen molar-refractivity contribution in [2.24, 2.45) is 0 Å². The topological polar surface area (TPSA) is 60.8 Å². The van der Waals surface area contributed by atoms with Crippen LogP contribution in [0.3, 0.4) is 0 Å². The first-order valence-corrected chi connectivity index (χ1v) is 14.6. The first-order valence-electron chi connectivity index (χ1n) is 13.8. The standard InChI is InChI=1S/C34H31ClN4O3S/c1-21-19-28(22(2)38(21)30-20-23(35)8-17-31(30)41-4)33-32(29-7-5-6-18-36-29)37-34(43)39(33)24-9-11-26(12-10-24)42-27-15-13-25(40-3)14-16-27/h5-20,32-33H,1-4H3,(H,37,43)/t32-,33+/m0/s1. The van der Waals surface area contributed by atoms with E-state index < -0.39 is 0 Å². The molecule has 3 heterocycles. The number of hydrogen-bond donors (Lipinski definition) is 1. The molecule has 0 spiro atoms. The molecule has 0 unspecified atom stereocenters. The molecule has 1 saturated heterocycles. The predicted octanol–water partition coefficient (Wildman–Crippen LogP) is 8.13. The molecule has 9 heteroatoms. The van der Waals surface area contributed by atoms with E-state index in [2.05, 4.69) is 34.7 Å². The second-order valence-corrected chi connectivity index (χ2v) is 11.1. The number of aromatic nitrogens is 2. The third-order valence-corrected chi connectivity index (χ3v) is 8.23. The molecular weight excluding hydrogens is 580 g/mol. The lowest BCUT2D eigenvalue weighted by atomic mass is 9.96. The van der Waals surface area contributed by atoms with Crippen LogP contribution in [0.2, 0.25) is 5.02 Å². The predicted molar refractivity (Wildman–Crippen MR) is 174 cm³/mol. The molecule has 1 N–H and O–H groups in total. The van der Waals surface area contributed by atoms with Crippen molar-refractivity contribution in [2.45, 2.75) is 25.9 Å². The molecule has 3 aromatic carbocycles. The van der Waals surface area contributed by atoms with Crippen LogP contribution in [0.1, 0.15) is 34.7 Å². The van der Waals surface area contributed by atoms with Gasteiger partial charge in [0.1, 0.15) is 23.0 Å². The van der Waals surface area contributed by atoms with E-state index in [-0.39, 0.29) is 12.1 Å². The minimum absolute atomic E-state index is 0.180. The molecule has 0 radical (unpaired) electrons. The van der Waals surface area contributed by atoms with Gasteiger partial charge in [-0.2, -0.15) is 0 Å². The van der Waals surface area contributed by atoms with Gasteiger partial charge in [0.05, 0.1) is 37.7 Å². The molecule has 7 nitrogen and oxygen atoms in total. The van der Waals surface area contributed by atoms with Crippen LogP contribution in [0.4, 0.5) is 5.69 Å². The number of ether oxygens (including phenoxy) is 3. The van der Waals surface area contributed by atoms with Crippen LogP contribution >= 0.6 is 23.8 Å². The number of anilines is 1. The minimum Gasteiger partial charge on any atom is -0.497 e. The third kappa shape index (κ3) is 5.51. The van der Waals surface area contributed by atoms with Gasteiger partial charge in [0.15, 0.2) is 5.11 Å². The average Bonchev–Trinajstić information content (AvgIpc) is 3.52. The maximum Gasteiger partial charge on any atom is 0.174 e. The minimum atomic E-state index is -0.181. The maximum atomic E-state index is 6.44. The fraction of sp³-hybridized carbons (Fsp3) is 0.176. The number of thiocarbonyl (C=S) groups is 1. The number of benzene rings is 3. The number of nitrogens with zero attached hydrogens (tertiary/aromatic N) is 3. The summed E-state index contributed by atoms with van der Waals surface area (Å²) >= 11 is 12.4. The number of aryl methyl sites for hydroxylation is 1. The van der Waals surface area contributed by atoms with Crippen LogP contribution in [0.25, 0.3) is 5.69 Å². The van der Waals surface area contributed by atoms with Gasteiger partial charge in [-0.1, -0.05) is 17.7 Å². The second-order valence-electron chi connectivity index (χ2n) is 10.2. The first-order chi connectivity index (χ1) is 20.9. The highest BCUT2D eigenvalue weighted by Crippen LogP contribution is 2.44. The monoisotopic (exact) mass is 610 g/mol. The van der Waals surface area contributed by atoms with Gasteiger partial charge in [0.25, 0.3) is 0 Å². The Balaban J connectivity index is 1.41. The summed E-state index contributed by atoms with van der Waals surface area (Å²) < 4.78 is 19.2. The van der Waals surface area contributed by atoms with Gasteiger partial charge >= 0.3 is 0 Å². The summed E-state index contributed by atoms with van der Waals surface area (Å²) in [6, 6.07) is 28.9. The van der Waals surface area contributed by atoms with E-state index in [1.165, 1.54) is 0 Å². The van der Waals surface area contributed by atoms with Crippen molar-refractivity contribution in [3.63, 3.8) is 0 Å². The summed E-state index contributed by atoms with van der Waals surface area (Å²) in [5.41, 5.74) is 5.94. The Labute approximate surface area is 261 Å². The summed E-state index contributed by atoms with van der Waals surface area (Å²) in [5, 5.41) is 4.81. The fourth-order valence-electron chi connectivity index (χ4n) is 5.70. The summed E-state index contributed by atoms with van der Waals surface area (Å²) in [7, 11) is 3.31. The van der Waals surface area contributed by atoms with Crippen molar-refractivity contribution in [2.75, 3.05) is 19.1 Å². The molecule has 0 amide bonds. The molecule has 1 fully saturated rings. The molecule has 1 aliphatic heterocycles. The molecule has 0 saturated carbocycles. The number of halogens is 1. The number of rotatable bonds is 8. The van der Waals surface area contributed by atoms with Gasteiger partial charge in [-0.3, -0.25) is 4.98 Å². The van der Waals surface area contributed by atoms with E-state index in [4.69, 9.17) is 43.0 Å². The van der Waals surface area contributed by atoms with Crippen LogP contribution in [-0.2, 0) is 0 Å². The Morgan fingerprint density at radius 3 is 2.19 bits per heavy atom. The normalized spacial score (nSPS) is 16.2. The summed E-state index contributed by atoms with van der Waals surface area (Å²) in [5.74, 6) is 2.96. The van der Waals surface area contributed by atoms with E-state index in [0.717, 1.165) is 57.0 Å². The van der Waals surface area contributed by atoms with Gasteiger partial charge in [0, 0.05) is 28.3 Å². The van der Waals surface area contributed by atoms with Crippen molar-refractivity contribution in [1.29, 1.82) is 0 Å². The van der Waals surface area contributed by atoms with Crippen LogP contribution < -0.4 is 24.4 Å². The zero-order valence-corrected chi connectivity index (χ0v) is 25.8. The van der Waals surface area contributed by atoms with E-state index >= 15 is 0 Å². The van der Waals surface area contributed by atoms with E-state index in [9.17, 15) is 0 Å². The summed E-state index contributed by atoms with van der Waals surface area (Å²) in [6.45, 7) is 4.20. The van der Waals surface area contributed by atoms with E-state index in [1.54, 1.807) is 14.2 Å². The van der Waals surface area contributed by atoms with Gasteiger partial charge in [-0.15, -0.1) is 0 Å². The third-order valence-electron chi connectivity index (χ3n) is 7.68. The Bertz CT molecular complexity index is 1760. The highest BCUT2D eigenvalue weighted by atomic mass is 35.5. The quantitative estimate of drug-likeness (QED) is 0.178. The largest absolute Gasteiger partial charge is 0.497 e. The van der Waals surface area contributed by atoms with E-state index in [1.807, 2.05) is 91.1 Å². The molecule has 6 rings (SSSR count). The Kier molecular flexibility index (Phi) is 7.97. The smallest absolute Gasteiger partial charge is 0.174 e. The Hall–Kier alpha value is -4.53. The van der Waals surface area contributed by atoms with Crippen LogP contribution in [0.15, 0.2) is 97.2 Å². The molecule has 218 valence electrons. The summed E-state index contributed by atoms with van der Waals surface area (Å²) in [4.78, 5) is 6.87. The number of nitrogens with one attached hydrogen (secondary N) is 1. The van der Waals surface area contributed by atoms with Crippen molar-refractivity contribution >= 4 is 34.6 Å². The van der Waals surface area contributed by atoms with Gasteiger partial charge < -0.3 is 29.0 Å². The Morgan fingerprint density at radius 2 is 1.53 bits per heavy atom. The van der Waals surface area contributed by atoms with Crippen LogP contribution in [0.5, 0.6) is 23.0 Å². The van der Waals surface area contributed by atoms with Crippen LogP contribution in [-0.4, -0.2) is 28.9 Å². The van der Waals surface area contributed by atoms with Crippen molar-refractivity contribution in [1.82, 2.24) is 14.9 Å². The SMILES string of the molecule is COc1ccc(Oc2ccc(N3C(=S)N[C@@H](c4ccccn4)[C@H]3c3cc(C)n(-c4cc(Cl)ccc4OC)c3C)cc2)cc1. The lowest BCUT2D eigenvalue weighted by Crippen LogP contribution is -2.29. The molecule has 0 aliphatic carbocycles. The number of methoxy groups -OCH3 is 2. The Morgan fingerprint density at radius 1 is 0.837 bits per heavy atom. The van der Waals surface area contributed by atoms with Crippen molar-refractivity contribution in [3.05, 3.63) is 125 Å². The molecule has 2 aromatic heterocycles. The fourth-order valence-corrected chi connectivity index (χ4v) is 6.21. The average molecular weight is 611 g/mol. The number of pyridine rings is 1. The molecule has 0 bridgehead atoms. The van der Waals surface area contributed by atoms with Crippen molar-refractivity contribution < 1.29 is 14.2 Å². The lowest BCUT2D eigenvalue weighted by Gasteiger charge is -2.28. The first kappa shape index (κ1) is 28.6. The zero-order chi connectivity index (χ0) is 30.1. The van der Waals surface area contributed by atoms with Crippen LogP contribution in [0, 0.1) is 13.8 Å². The number of hydrogen-bond acceptors (Lipinski definition) is 5. The zero-order valence-electron chi connectivity index (χ0n) is 24.2. The maximum absolute atomic E-state index is 6.44. The van der Waals surface area contributed by atoms with Gasteiger partial charge in [0.2, 0.25) is 0 Å². The highest BCUT2D eigenvalue weighted by Gasteiger charge is 2.42. The molecule has 5 aromatic rings. The molecular formula is C34H31ClN4O3S. The van der Waals surface area contributed by atoms with Crippen molar-refractivity contribution in [3.8, 4) is 28.7 Å². The van der Waals surface area contributed by atoms with Gasteiger partial charge in [-0.05, 0) is 117 Å². The molecule has 43 heavy (non-hydrogen) atoms. The highest BCUT2D eigenvalue weighted by molar-refractivity contribution is 7.80. The molecule has 2 atom stereocenters. The summed E-state index contributed by atoms with van der Waals surface area (Å²) in [6.07, 6.45) is 1.81. The lowest BCUT2D eigenvalue weighted by molar-refractivity contribution is 0.412. The molecule has 1 aliphatic rings.